The third-order valence-corrected chi connectivity index (χ3v) is 4.25. The monoisotopic (exact) mass is 257 g/mol. The molecule has 19 heavy (non-hydrogen) atoms. The zero-order chi connectivity index (χ0) is 12.9. The Hall–Kier alpha value is -1.38. The molecule has 0 saturated carbocycles. The molecule has 0 radical (unpaired) electrons. The van der Waals surface area contributed by atoms with Crippen LogP contribution in [0.2, 0.25) is 0 Å². The Labute approximate surface area is 115 Å². The van der Waals surface area contributed by atoms with Crippen LogP contribution in [-0.2, 0) is 12.8 Å². The van der Waals surface area contributed by atoms with Gasteiger partial charge in [-0.2, -0.15) is 0 Å². The molecule has 0 unspecified atom stereocenters. The molecule has 2 aliphatic carbocycles. The molecule has 0 fully saturated rings. The molecule has 0 aromatic carbocycles. The van der Waals surface area contributed by atoms with Gasteiger partial charge in [0.2, 0.25) is 0 Å². The van der Waals surface area contributed by atoms with E-state index in [0.717, 1.165) is 25.2 Å². The number of hydrogen-bond acceptors (Lipinski definition) is 3. The molecule has 0 amide bonds. The van der Waals surface area contributed by atoms with Gasteiger partial charge in [0, 0.05) is 17.8 Å². The molecule has 3 rings (SSSR count). The molecule has 3 nitrogen and oxygen atoms in total. The Bertz CT molecular complexity index is 465. The second kappa shape index (κ2) is 6.18. The van der Waals surface area contributed by atoms with E-state index >= 15 is 0 Å². The first-order valence-electron chi connectivity index (χ1n) is 7.68. The number of anilines is 1. The summed E-state index contributed by atoms with van der Waals surface area (Å²) in [5.74, 6) is 1.09. The number of aromatic nitrogens is 2. The van der Waals surface area contributed by atoms with Crippen molar-refractivity contribution in [3.63, 3.8) is 0 Å². The molecule has 0 atom stereocenters. The summed E-state index contributed by atoms with van der Waals surface area (Å²) >= 11 is 0. The fraction of sp³-hybridized carbons (Fsp3) is 0.625. The molecule has 3 heteroatoms. The maximum absolute atomic E-state index is 4.46. The maximum atomic E-state index is 4.46. The van der Waals surface area contributed by atoms with Crippen LogP contribution in [0.1, 0.15) is 56.2 Å². The van der Waals surface area contributed by atoms with Gasteiger partial charge in [-0.25, -0.2) is 9.97 Å². The van der Waals surface area contributed by atoms with E-state index in [1.165, 1.54) is 56.2 Å². The zero-order valence-electron chi connectivity index (χ0n) is 11.6. The topological polar surface area (TPSA) is 37.8 Å². The SMILES string of the molecule is C1=C(CCNc2ncnc3c2CCCCC3)CCC1. The second-order valence-corrected chi connectivity index (χ2v) is 5.64. The number of nitrogens with zero attached hydrogens (tertiary/aromatic N) is 2. The molecule has 0 aliphatic heterocycles. The van der Waals surface area contributed by atoms with Crippen LogP contribution in [0.3, 0.4) is 0 Å². The van der Waals surface area contributed by atoms with Crippen molar-refractivity contribution in [1.82, 2.24) is 9.97 Å². The number of allylic oxidation sites excluding steroid dienone is 1. The fourth-order valence-electron chi connectivity index (χ4n) is 3.16. The lowest BCUT2D eigenvalue weighted by Gasteiger charge is -2.12. The minimum atomic E-state index is 1.01. The van der Waals surface area contributed by atoms with Crippen molar-refractivity contribution in [1.29, 1.82) is 0 Å². The Kier molecular flexibility index (Phi) is 4.11. The van der Waals surface area contributed by atoms with Gasteiger partial charge < -0.3 is 5.32 Å². The van der Waals surface area contributed by atoms with Crippen LogP contribution in [0.5, 0.6) is 0 Å². The van der Waals surface area contributed by atoms with Crippen molar-refractivity contribution < 1.29 is 0 Å². The standard InChI is InChI=1S/C16H23N3/c1-2-8-14-15(9-3-1)18-12-19-16(14)17-11-10-13-6-4-5-7-13/h6,12H,1-5,7-11H2,(H,17,18,19). The summed E-state index contributed by atoms with van der Waals surface area (Å²) in [7, 11) is 0. The zero-order valence-corrected chi connectivity index (χ0v) is 11.6. The number of rotatable bonds is 4. The Morgan fingerprint density at radius 3 is 2.84 bits per heavy atom. The predicted molar refractivity (Wildman–Crippen MR) is 78.3 cm³/mol. The van der Waals surface area contributed by atoms with Crippen molar-refractivity contribution in [3.05, 3.63) is 29.2 Å². The minimum Gasteiger partial charge on any atom is -0.369 e. The Morgan fingerprint density at radius 1 is 1.00 bits per heavy atom. The Morgan fingerprint density at radius 2 is 1.95 bits per heavy atom. The smallest absolute Gasteiger partial charge is 0.132 e. The predicted octanol–water partition coefficient (Wildman–Crippen LogP) is 3.66. The Balaban J connectivity index is 1.63. The van der Waals surface area contributed by atoms with Gasteiger partial charge in [0.05, 0.1) is 0 Å². The first-order chi connectivity index (χ1) is 9.43. The lowest BCUT2D eigenvalue weighted by molar-refractivity contribution is 0.708. The molecule has 1 aromatic rings. The maximum Gasteiger partial charge on any atom is 0.132 e. The average molecular weight is 257 g/mol. The van der Waals surface area contributed by atoms with Gasteiger partial charge in [-0.05, 0) is 51.4 Å². The summed E-state index contributed by atoms with van der Waals surface area (Å²) in [6.07, 6.45) is 15.3. The second-order valence-electron chi connectivity index (χ2n) is 5.64. The summed E-state index contributed by atoms with van der Waals surface area (Å²) in [5.41, 5.74) is 4.27. The van der Waals surface area contributed by atoms with E-state index in [-0.39, 0.29) is 0 Å². The van der Waals surface area contributed by atoms with Crippen LogP contribution in [0.4, 0.5) is 5.82 Å². The van der Waals surface area contributed by atoms with Crippen molar-refractivity contribution in [2.75, 3.05) is 11.9 Å². The third kappa shape index (κ3) is 3.14. The molecular formula is C16H23N3. The van der Waals surface area contributed by atoms with E-state index in [4.69, 9.17) is 0 Å². The largest absolute Gasteiger partial charge is 0.369 e. The number of nitrogens with one attached hydrogen (secondary N) is 1. The number of fused-ring (bicyclic) bond motifs is 1. The highest BCUT2D eigenvalue weighted by Gasteiger charge is 2.14. The number of aryl methyl sites for hydroxylation is 1. The highest BCUT2D eigenvalue weighted by Crippen LogP contribution is 2.24. The highest BCUT2D eigenvalue weighted by molar-refractivity contribution is 5.46. The molecule has 102 valence electrons. The molecule has 0 saturated heterocycles. The van der Waals surface area contributed by atoms with Crippen molar-refractivity contribution >= 4 is 5.82 Å². The van der Waals surface area contributed by atoms with E-state index in [9.17, 15) is 0 Å². The first kappa shape index (κ1) is 12.6. The van der Waals surface area contributed by atoms with Crippen molar-refractivity contribution in [2.24, 2.45) is 0 Å². The van der Waals surface area contributed by atoms with Crippen LogP contribution < -0.4 is 5.32 Å². The van der Waals surface area contributed by atoms with Gasteiger partial charge in [0.1, 0.15) is 12.1 Å². The highest BCUT2D eigenvalue weighted by atomic mass is 15.0. The quantitative estimate of drug-likeness (QED) is 0.661. The van der Waals surface area contributed by atoms with Crippen LogP contribution in [-0.4, -0.2) is 16.5 Å². The van der Waals surface area contributed by atoms with Gasteiger partial charge in [-0.15, -0.1) is 0 Å². The van der Waals surface area contributed by atoms with E-state index in [2.05, 4.69) is 21.4 Å². The van der Waals surface area contributed by atoms with Crippen LogP contribution in [0.25, 0.3) is 0 Å². The third-order valence-electron chi connectivity index (χ3n) is 4.25. The average Bonchev–Trinajstić information content (AvgIpc) is 2.82. The molecule has 0 bridgehead atoms. The molecule has 1 N–H and O–H groups in total. The molecule has 1 aromatic heterocycles. The molecule has 1 heterocycles. The van der Waals surface area contributed by atoms with Gasteiger partial charge in [0.25, 0.3) is 0 Å². The van der Waals surface area contributed by atoms with Crippen LogP contribution >= 0.6 is 0 Å². The van der Waals surface area contributed by atoms with Gasteiger partial charge in [-0.1, -0.05) is 18.1 Å². The van der Waals surface area contributed by atoms with Gasteiger partial charge in [0.15, 0.2) is 0 Å². The first-order valence-corrected chi connectivity index (χ1v) is 7.68. The number of hydrogen-bond donors (Lipinski definition) is 1. The summed E-state index contributed by atoms with van der Waals surface area (Å²) in [4.78, 5) is 8.92. The van der Waals surface area contributed by atoms with E-state index in [0.29, 0.717) is 0 Å². The fourth-order valence-corrected chi connectivity index (χ4v) is 3.16. The van der Waals surface area contributed by atoms with Crippen LogP contribution in [0.15, 0.2) is 18.0 Å². The van der Waals surface area contributed by atoms with Gasteiger partial charge >= 0.3 is 0 Å². The normalized spacial score (nSPS) is 18.6. The van der Waals surface area contributed by atoms with Crippen molar-refractivity contribution in [2.45, 2.75) is 57.8 Å². The lowest BCUT2D eigenvalue weighted by Crippen LogP contribution is -2.09. The van der Waals surface area contributed by atoms with E-state index < -0.39 is 0 Å². The van der Waals surface area contributed by atoms with E-state index in [1.807, 2.05) is 0 Å². The molecule has 0 spiro atoms. The van der Waals surface area contributed by atoms with Crippen molar-refractivity contribution in [3.8, 4) is 0 Å². The van der Waals surface area contributed by atoms with Crippen LogP contribution in [0, 0.1) is 0 Å². The molecule has 2 aliphatic rings. The minimum absolute atomic E-state index is 1.01. The summed E-state index contributed by atoms with van der Waals surface area (Å²) < 4.78 is 0. The van der Waals surface area contributed by atoms with Gasteiger partial charge in [-0.3, -0.25) is 0 Å². The van der Waals surface area contributed by atoms with E-state index in [1.54, 1.807) is 11.9 Å². The lowest BCUT2D eigenvalue weighted by atomic mass is 10.1. The molecular weight excluding hydrogens is 234 g/mol. The summed E-state index contributed by atoms with van der Waals surface area (Å²) in [6.45, 7) is 1.01. The summed E-state index contributed by atoms with van der Waals surface area (Å²) in [5, 5.41) is 3.54. The summed E-state index contributed by atoms with van der Waals surface area (Å²) in [6, 6.07) is 0.